The van der Waals surface area contributed by atoms with Crippen LogP contribution in [0.25, 0.3) is 0 Å². The standard InChI is InChI=1S/C19H32N2/c1-3-19(14-18-10-6-4-7-11-18)20-15-17(2)16-21-12-8-5-9-13-21/h4,6-7,10-11,17,19-20H,3,5,8-9,12-16H2,1-2H3. The van der Waals surface area contributed by atoms with Crippen LogP contribution >= 0.6 is 0 Å². The number of piperidine rings is 1. The van der Waals surface area contributed by atoms with Gasteiger partial charge in [0.05, 0.1) is 0 Å². The van der Waals surface area contributed by atoms with E-state index in [1.54, 1.807) is 0 Å². The lowest BCUT2D eigenvalue weighted by Gasteiger charge is -2.30. The largest absolute Gasteiger partial charge is 0.313 e. The molecule has 1 aromatic carbocycles. The van der Waals surface area contributed by atoms with Gasteiger partial charge in [0.15, 0.2) is 0 Å². The fourth-order valence-corrected chi connectivity index (χ4v) is 3.27. The number of nitrogens with one attached hydrogen (secondary N) is 1. The van der Waals surface area contributed by atoms with Crippen LogP contribution in [-0.2, 0) is 6.42 Å². The molecule has 2 rings (SSSR count). The minimum absolute atomic E-state index is 0.608. The van der Waals surface area contributed by atoms with Crippen LogP contribution in [0, 0.1) is 5.92 Å². The molecule has 0 aromatic heterocycles. The lowest BCUT2D eigenvalue weighted by atomic mass is 10.0. The Labute approximate surface area is 130 Å². The molecule has 1 aliphatic heterocycles. The molecule has 1 aliphatic rings. The van der Waals surface area contributed by atoms with Crippen LogP contribution < -0.4 is 5.32 Å². The fourth-order valence-electron chi connectivity index (χ4n) is 3.27. The lowest BCUT2D eigenvalue weighted by molar-refractivity contribution is 0.197. The Morgan fingerprint density at radius 3 is 2.48 bits per heavy atom. The van der Waals surface area contributed by atoms with Crippen LogP contribution in [0.2, 0.25) is 0 Å². The number of rotatable bonds is 8. The smallest absolute Gasteiger partial charge is 0.0105 e. The summed E-state index contributed by atoms with van der Waals surface area (Å²) < 4.78 is 0. The lowest BCUT2D eigenvalue weighted by Crippen LogP contribution is -2.39. The Bertz CT molecular complexity index is 370. The minimum atomic E-state index is 0.608. The average molecular weight is 288 g/mol. The molecule has 0 radical (unpaired) electrons. The van der Waals surface area contributed by atoms with E-state index in [2.05, 4.69) is 54.4 Å². The van der Waals surface area contributed by atoms with Gasteiger partial charge >= 0.3 is 0 Å². The van der Waals surface area contributed by atoms with Crippen LogP contribution in [0.15, 0.2) is 30.3 Å². The number of hydrogen-bond donors (Lipinski definition) is 1. The maximum absolute atomic E-state index is 3.78. The van der Waals surface area contributed by atoms with E-state index in [9.17, 15) is 0 Å². The van der Waals surface area contributed by atoms with Crippen LogP contribution in [0.4, 0.5) is 0 Å². The van der Waals surface area contributed by atoms with E-state index < -0.39 is 0 Å². The van der Waals surface area contributed by atoms with E-state index in [4.69, 9.17) is 0 Å². The Balaban J connectivity index is 1.69. The van der Waals surface area contributed by atoms with Crippen LogP contribution in [0.1, 0.15) is 45.1 Å². The molecule has 2 atom stereocenters. The summed E-state index contributed by atoms with van der Waals surface area (Å²) in [6.07, 6.45) is 6.56. The normalized spacial score (nSPS) is 19.3. The van der Waals surface area contributed by atoms with Gasteiger partial charge < -0.3 is 10.2 Å². The molecule has 0 saturated carbocycles. The molecule has 118 valence electrons. The Morgan fingerprint density at radius 2 is 1.81 bits per heavy atom. The molecule has 0 spiro atoms. The van der Waals surface area contributed by atoms with Crippen LogP contribution in [0.3, 0.4) is 0 Å². The Morgan fingerprint density at radius 1 is 1.10 bits per heavy atom. The summed E-state index contributed by atoms with van der Waals surface area (Å²) in [6.45, 7) is 9.69. The topological polar surface area (TPSA) is 15.3 Å². The highest BCUT2D eigenvalue weighted by Gasteiger charge is 2.14. The molecule has 0 amide bonds. The zero-order chi connectivity index (χ0) is 14.9. The van der Waals surface area contributed by atoms with Crippen molar-refractivity contribution in [2.24, 2.45) is 5.92 Å². The molecular weight excluding hydrogens is 256 g/mol. The van der Waals surface area contributed by atoms with Crippen molar-refractivity contribution in [2.75, 3.05) is 26.2 Å². The summed E-state index contributed by atoms with van der Waals surface area (Å²) in [6, 6.07) is 11.5. The monoisotopic (exact) mass is 288 g/mol. The SMILES string of the molecule is CCC(Cc1ccccc1)NCC(C)CN1CCCCC1. The third kappa shape index (κ3) is 6.19. The number of benzene rings is 1. The summed E-state index contributed by atoms with van der Waals surface area (Å²) in [5, 5.41) is 3.78. The van der Waals surface area contributed by atoms with E-state index in [0.29, 0.717) is 6.04 Å². The molecule has 0 aliphatic carbocycles. The van der Waals surface area contributed by atoms with Gasteiger partial charge in [0.2, 0.25) is 0 Å². The maximum atomic E-state index is 3.78. The Kier molecular flexibility index (Phi) is 7.25. The number of hydrogen-bond acceptors (Lipinski definition) is 2. The van der Waals surface area contributed by atoms with Crippen molar-refractivity contribution < 1.29 is 0 Å². The molecule has 2 unspecified atom stereocenters. The second-order valence-corrected chi connectivity index (χ2v) is 6.67. The highest BCUT2D eigenvalue weighted by molar-refractivity contribution is 5.15. The van der Waals surface area contributed by atoms with Crippen molar-refractivity contribution in [1.82, 2.24) is 10.2 Å². The molecule has 0 bridgehead atoms. The molecule has 1 saturated heterocycles. The predicted molar refractivity (Wildman–Crippen MR) is 91.7 cm³/mol. The van der Waals surface area contributed by atoms with Gasteiger partial charge in [0, 0.05) is 12.6 Å². The van der Waals surface area contributed by atoms with E-state index in [1.807, 2.05) is 0 Å². The maximum Gasteiger partial charge on any atom is 0.0105 e. The first kappa shape index (κ1) is 16.5. The van der Waals surface area contributed by atoms with Gasteiger partial charge in [-0.3, -0.25) is 0 Å². The van der Waals surface area contributed by atoms with Gasteiger partial charge in [0.1, 0.15) is 0 Å². The second-order valence-electron chi connectivity index (χ2n) is 6.67. The zero-order valence-electron chi connectivity index (χ0n) is 13.9. The quantitative estimate of drug-likeness (QED) is 0.784. The van der Waals surface area contributed by atoms with E-state index in [-0.39, 0.29) is 0 Å². The van der Waals surface area contributed by atoms with Crippen molar-refractivity contribution in [2.45, 2.75) is 52.0 Å². The number of likely N-dealkylation sites (tertiary alicyclic amines) is 1. The molecule has 1 aromatic rings. The molecule has 1 N–H and O–H groups in total. The molecule has 2 heteroatoms. The average Bonchev–Trinajstić information content (AvgIpc) is 2.53. The van der Waals surface area contributed by atoms with Crippen molar-refractivity contribution in [3.05, 3.63) is 35.9 Å². The molecule has 2 nitrogen and oxygen atoms in total. The third-order valence-corrected chi connectivity index (χ3v) is 4.59. The van der Waals surface area contributed by atoms with Crippen molar-refractivity contribution in [1.29, 1.82) is 0 Å². The first-order valence-corrected chi connectivity index (χ1v) is 8.77. The Hall–Kier alpha value is -0.860. The van der Waals surface area contributed by atoms with Crippen molar-refractivity contribution >= 4 is 0 Å². The van der Waals surface area contributed by atoms with E-state index in [1.165, 1.54) is 50.9 Å². The van der Waals surface area contributed by atoms with Crippen LogP contribution in [-0.4, -0.2) is 37.1 Å². The van der Waals surface area contributed by atoms with Gasteiger partial charge in [-0.1, -0.05) is 50.6 Å². The van der Waals surface area contributed by atoms with Gasteiger partial charge in [-0.15, -0.1) is 0 Å². The number of nitrogens with zero attached hydrogens (tertiary/aromatic N) is 1. The summed E-state index contributed by atoms with van der Waals surface area (Å²) in [5.41, 5.74) is 1.44. The van der Waals surface area contributed by atoms with E-state index in [0.717, 1.165) is 18.9 Å². The first-order valence-electron chi connectivity index (χ1n) is 8.77. The summed E-state index contributed by atoms with van der Waals surface area (Å²) in [7, 11) is 0. The summed E-state index contributed by atoms with van der Waals surface area (Å²) in [4.78, 5) is 2.65. The summed E-state index contributed by atoms with van der Waals surface area (Å²) >= 11 is 0. The van der Waals surface area contributed by atoms with Crippen LogP contribution in [0.5, 0.6) is 0 Å². The van der Waals surface area contributed by atoms with E-state index >= 15 is 0 Å². The summed E-state index contributed by atoms with van der Waals surface area (Å²) in [5.74, 6) is 0.743. The van der Waals surface area contributed by atoms with Gasteiger partial charge in [-0.05, 0) is 56.8 Å². The highest BCUT2D eigenvalue weighted by Crippen LogP contribution is 2.11. The zero-order valence-corrected chi connectivity index (χ0v) is 13.9. The van der Waals surface area contributed by atoms with Gasteiger partial charge in [-0.2, -0.15) is 0 Å². The molecular formula is C19H32N2. The molecule has 21 heavy (non-hydrogen) atoms. The molecule has 1 fully saturated rings. The van der Waals surface area contributed by atoms with Gasteiger partial charge in [-0.25, -0.2) is 0 Å². The first-order chi connectivity index (χ1) is 10.3. The third-order valence-electron chi connectivity index (χ3n) is 4.59. The fraction of sp³-hybridized carbons (Fsp3) is 0.684. The van der Waals surface area contributed by atoms with Crippen molar-refractivity contribution in [3.8, 4) is 0 Å². The molecule has 1 heterocycles. The second kappa shape index (κ2) is 9.22. The minimum Gasteiger partial charge on any atom is -0.313 e. The highest BCUT2D eigenvalue weighted by atomic mass is 15.1. The van der Waals surface area contributed by atoms with Gasteiger partial charge in [0.25, 0.3) is 0 Å². The van der Waals surface area contributed by atoms with Crippen molar-refractivity contribution in [3.63, 3.8) is 0 Å². The predicted octanol–water partition coefficient (Wildman–Crippen LogP) is 3.72.